The van der Waals surface area contributed by atoms with Crippen molar-refractivity contribution >= 4 is 35.6 Å². The van der Waals surface area contributed by atoms with E-state index in [2.05, 4.69) is 5.32 Å². The zero-order valence-corrected chi connectivity index (χ0v) is 19.8. The molecular formula is C24H28N4O8. The fraction of sp³-hybridized carbons (Fsp3) is 0.292. The Kier molecular flexibility index (Phi) is 9.78. The van der Waals surface area contributed by atoms with Crippen molar-refractivity contribution in [3.63, 3.8) is 0 Å². The number of nitrogens with zero attached hydrogens (tertiary/aromatic N) is 1. The Labute approximate surface area is 207 Å². The lowest BCUT2D eigenvalue weighted by Crippen LogP contribution is -2.48. The Morgan fingerprint density at radius 3 is 2.14 bits per heavy atom. The van der Waals surface area contributed by atoms with Crippen molar-refractivity contribution < 1.29 is 38.9 Å². The van der Waals surface area contributed by atoms with Crippen molar-refractivity contribution in [2.45, 2.75) is 32.9 Å². The summed E-state index contributed by atoms with van der Waals surface area (Å²) in [6, 6.07) is 10.7. The molecule has 2 rings (SSSR count). The number of benzene rings is 2. The summed E-state index contributed by atoms with van der Waals surface area (Å²) >= 11 is 0. The van der Waals surface area contributed by atoms with Gasteiger partial charge in [0.15, 0.2) is 5.96 Å². The molecule has 0 saturated heterocycles. The van der Waals surface area contributed by atoms with E-state index in [9.17, 15) is 24.3 Å². The minimum atomic E-state index is -1.56. The monoisotopic (exact) mass is 500 g/mol. The molecular weight excluding hydrogens is 472 g/mol. The van der Waals surface area contributed by atoms with Gasteiger partial charge >= 0.3 is 24.0 Å². The van der Waals surface area contributed by atoms with Gasteiger partial charge < -0.3 is 30.7 Å². The van der Waals surface area contributed by atoms with Crippen LogP contribution in [0.2, 0.25) is 0 Å². The maximum absolute atomic E-state index is 12.6. The first-order valence-corrected chi connectivity index (χ1v) is 10.9. The van der Waals surface area contributed by atoms with Crippen LogP contribution in [0.15, 0.2) is 48.5 Å². The predicted octanol–water partition coefficient (Wildman–Crippen LogP) is 2.73. The molecule has 0 heterocycles. The lowest BCUT2D eigenvalue weighted by molar-refractivity contribution is -0.149. The summed E-state index contributed by atoms with van der Waals surface area (Å²) in [6.07, 6.45) is -1.71. The number of nitrogens with two attached hydrogens (primary N) is 1. The number of hydrogen-bond acceptors (Lipinski definition) is 7. The number of hydrogen-bond donors (Lipinski definition) is 5. The first-order chi connectivity index (χ1) is 17.0. The molecule has 0 fully saturated rings. The van der Waals surface area contributed by atoms with E-state index in [1.165, 1.54) is 24.3 Å². The summed E-state index contributed by atoms with van der Waals surface area (Å²) < 4.78 is 10.5. The molecule has 36 heavy (non-hydrogen) atoms. The normalized spacial score (nSPS) is 11.3. The van der Waals surface area contributed by atoms with Crippen LogP contribution < -0.4 is 15.8 Å². The van der Waals surface area contributed by atoms with E-state index in [1.54, 1.807) is 38.1 Å². The van der Waals surface area contributed by atoms with Gasteiger partial charge in [-0.2, -0.15) is 0 Å². The number of carbonyl (C=O) groups is 4. The average Bonchev–Trinajstić information content (AvgIpc) is 2.80. The maximum atomic E-state index is 12.6. The lowest BCUT2D eigenvalue weighted by atomic mass is 10.1. The highest BCUT2D eigenvalue weighted by molar-refractivity contribution is 5.93. The second kappa shape index (κ2) is 12.7. The van der Waals surface area contributed by atoms with Gasteiger partial charge in [0.1, 0.15) is 18.4 Å². The maximum Gasteiger partial charge on any atom is 0.410 e. The Morgan fingerprint density at radius 1 is 1.03 bits per heavy atom. The SMILES string of the molecule is CC(C)CN(C(=O)OCc1ccc(OC(=O)c2ccc(NC(=N)N)cc2)cc1)C(CC(=O)O)C(=O)O. The number of ether oxygens (including phenoxy) is 2. The van der Waals surface area contributed by atoms with Crippen molar-refractivity contribution in [3.8, 4) is 5.75 Å². The lowest BCUT2D eigenvalue weighted by Gasteiger charge is -2.28. The van der Waals surface area contributed by atoms with Crippen LogP contribution in [0.4, 0.5) is 10.5 Å². The van der Waals surface area contributed by atoms with E-state index in [0.29, 0.717) is 11.3 Å². The average molecular weight is 501 g/mol. The summed E-state index contributed by atoms with van der Waals surface area (Å²) in [5.41, 5.74) is 6.62. The third-order valence-electron chi connectivity index (χ3n) is 4.72. The molecule has 0 saturated carbocycles. The Hall–Kier alpha value is -4.61. The van der Waals surface area contributed by atoms with Crippen LogP contribution in [0.1, 0.15) is 36.2 Å². The highest BCUT2D eigenvalue weighted by Gasteiger charge is 2.33. The van der Waals surface area contributed by atoms with Crippen molar-refractivity contribution in [2.24, 2.45) is 11.7 Å². The molecule has 0 bridgehead atoms. The van der Waals surface area contributed by atoms with Crippen LogP contribution in [-0.2, 0) is 20.9 Å². The number of carbonyl (C=O) groups excluding carboxylic acids is 2. The van der Waals surface area contributed by atoms with Crippen LogP contribution in [0.5, 0.6) is 5.75 Å². The number of nitrogens with one attached hydrogen (secondary N) is 2. The van der Waals surface area contributed by atoms with E-state index in [0.717, 1.165) is 4.90 Å². The Bertz CT molecular complexity index is 1100. The van der Waals surface area contributed by atoms with Crippen molar-refractivity contribution in [1.29, 1.82) is 5.41 Å². The smallest absolute Gasteiger partial charge is 0.410 e. The Morgan fingerprint density at radius 2 is 1.64 bits per heavy atom. The quantitative estimate of drug-likeness (QED) is 0.133. The van der Waals surface area contributed by atoms with Gasteiger partial charge in [0.25, 0.3) is 0 Å². The summed E-state index contributed by atoms with van der Waals surface area (Å²) in [5, 5.41) is 28.2. The molecule has 0 aliphatic carbocycles. The van der Waals surface area contributed by atoms with Crippen LogP contribution >= 0.6 is 0 Å². The van der Waals surface area contributed by atoms with Crippen LogP contribution in [0.25, 0.3) is 0 Å². The van der Waals surface area contributed by atoms with Gasteiger partial charge in [-0.25, -0.2) is 14.4 Å². The molecule has 0 aliphatic rings. The fourth-order valence-electron chi connectivity index (χ4n) is 3.11. The van der Waals surface area contributed by atoms with E-state index in [1.807, 2.05) is 0 Å². The number of esters is 1. The molecule has 2 aromatic rings. The summed E-state index contributed by atoms with van der Waals surface area (Å²) in [6.45, 7) is 3.32. The molecule has 6 N–H and O–H groups in total. The largest absolute Gasteiger partial charge is 0.481 e. The Balaban J connectivity index is 1.99. The number of carboxylic acids is 2. The predicted molar refractivity (Wildman–Crippen MR) is 129 cm³/mol. The highest BCUT2D eigenvalue weighted by Crippen LogP contribution is 2.18. The fourth-order valence-corrected chi connectivity index (χ4v) is 3.11. The molecule has 1 atom stereocenters. The number of guanidine groups is 1. The van der Waals surface area contributed by atoms with Crippen LogP contribution in [0, 0.1) is 11.3 Å². The van der Waals surface area contributed by atoms with Gasteiger partial charge in [-0.3, -0.25) is 15.1 Å². The molecule has 192 valence electrons. The summed E-state index contributed by atoms with van der Waals surface area (Å²) in [7, 11) is 0. The van der Waals surface area contributed by atoms with Crippen LogP contribution in [-0.4, -0.2) is 57.7 Å². The number of anilines is 1. The summed E-state index contributed by atoms with van der Waals surface area (Å²) in [4.78, 5) is 48.4. The highest BCUT2D eigenvalue weighted by atomic mass is 16.6. The molecule has 12 heteroatoms. The number of aliphatic carboxylic acids is 2. The molecule has 1 amide bonds. The van der Waals surface area contributed by atoms with Gasteiger partial charge in [-0.1, -0.05) is 26.0 Å². The minimum absolute atomic E-state index is 0.00373. The standard InChI is InChI=1S/C24H28N4O8/c1-14(2)12-28(19(21(31)32)11-20(29)30)24(34)35-13-15-3-9-18(10-4-15)36-22(33)16-5-7-17(8-6-16)27-23(25)26/h3-10,14,19H,11-13H2,1-2H3,(H,29,30)(H,31,32)(H4,25,26,27). The second-order valence-electron chi connectivity index (χ2n) is 8.20. The molecule has 0 radical (unpaired) electrons. The molecule has 0 spiro atoms. The third kappa shape index (κ3) is 8.63. The zero-order chi connectivity index (χ0) is 26.8. The van der Waals surface area contributed by atoms with Crippen molar-refractivity contribution in [1.82, 2.24) is 4.90 Å². The van der Waals surface area contributed by atoms with Crippen molar-refractivity contribution in [3.05, 3.63) is 59.7 Å². The van der Waals surface area contributed by atoms with E-state index >= 15 is 0 Å². The third-order valence-corrected chi connectivity index (χ3v) is 4.72. The number of rotatable bonds is 11. The second-order valence-corrected chi connectivity index (χ2v) is 8.20. The number of carboxylic acid groups (broad SMARTS) is 2. The molecule has 0 aliphatic heterocycles. The van der Waals surface area contributed by atoms with Gasteiger partial charge in [-0.05, 0) is 47.9 Å². The van der Waals surface area contributed by atoms with Crippen LogP contribution in [0.3, 0.4) is 0 Å². The van der Waals surface area contributed by atoms with Gasteiger partial charge in [0.05, 0.1) is 12.0 Å². The molecule has 12 nitrogen and oxygen atoms in total. The van der Waals surface area contributed by atoms with Gasteiger partial charge in [0, 0.05) is 12.2 Å². The van der Waals surface area contributed by atoms with Gasteiger partial charge in [-0.15, -0.1) is 0 Å². The van der Waals surface area contributed by atoms with E-state index in [4.69, 9.17) is 25.7 Å². The zero-order valence-electron chi connectivity index (χ0n) is 19.8. The molecule has 1 unspecified atom stereocenters. The van der Waals surface area contributed by atoms with E-state index < -0.39 is 36.5 Å². The van der Waals surface area contributed by atoms with Crippen molar-refractivity contribution in [2.75, 3.05) is 11.9 Å². The first kappa shape index (κ1) is 27.6. The summed E-state index contributed by atoms with van der Waals surface area (Å²) in [5.74, 6) is -3.50. The minimum Gasteiger partial charge on any atom is -0.481 e. The molecule has 2 aromatic carbocycles. The topological polar surface area (TPSA) is 192 Å². The van der Waals surface area contributed by atoms with Gasteiger partial charge in [0.2, 0.25) is 0 Å². The van der Waals surface area contributed by atoms with E-state index in [-0.39, 0.29) is 36.3 Å². The first-order valence-electron chi connectivity index (χ1n) is 10.9. The number of amides is 1. The molecule has 0 aromatic heterocycles.